The van der Waals surface area contributed by atoms with Crippen LogP contribution in [0, 0.1) is 5.82 Å². The van der Waals surface area contributed by atoms with E-state index in [4.69, 9.17) is 9.47 Å². The molecule has 0 aliphatic carbocycles. The molecule has 0 radical (unpaired) electrons. The Morgan fingerprint density at radius 3 is 2.59 bits per heavy atom. The summed E-state index contributed by atoms with van der Waals surface area (Å²) in [7, 11) is 0. The number of halogens is 1. The molecular weight excluding hydrogens is 529 g/mol. The van der Waals surface area contributed by atoms with Gasteiger partial charge in [0, 0.05) is 19.6 Å². The molecule has 0 spiro atoms. The molecule has 2 atom stereocenters. The number of benzene rings is 1. The quantitative estimate of drug-likeness (QED) is 0.444. The van der Waals surface area contributed by atoms with Gasteiger partial charge in [0.05, 0.1) is 30.6 Å². The summed E-state index contributed by atoms with van der Waals surface area (Å²) in [6.45, 7) is 2.66. The number of aromatic nitrogens is 3. The number of piperidine rings is 1. The summed E-state index contributed by atoms with van der Waals surface area (Å²) >= 11 is 1.23. The van der Waals surface area contributed by atoms with Gasteiger partial charge in [-0.15, -0.1) is 21.1 Å². The van der Waals surface area contributed by atoms with Crippen LogP contribution in [0.2, 0.25) is 0 Å². The summed E-state index contributed by atoms with van der Waals surface area (Å²) in [6.07, 6.45) is 0.982. The number of aliphatic carboxylic acids is 1. The number of carboxylic acid groups (broad SMARTS) is 1. The Kier molecular flexibility index (Phi) is 8.29. The first-order valence-electron chi connectivity index (χ1n) is 12.7. The van der Waals surface area contributed by atoms with Crippen LogP contribution in [0.25, 0.3) is 0 Å². The van der Waals surface area contributed by atoms with Crippen molar-refractivity contribution in [1.29, 1.82) is 0 Å². The second kappa shape index (κ2) is 12.0. The van der Waals surface area contributed by atoms with Crippen LogP contribution in [0.1, 0.15) is 39.8 Å². The number of rotatable bonds is 8. The number of morpholine rings is 1. The Labute approximate surface area is 227 Å². The molecule has 11 nitrogen and oxygen atoms in total. The van der Waals surface area contributed by atoms with Gasteiger partial charge in [-0.1, -0.05) is 18.2 Å². The summed E-state index contributed by atoms with van der Waals surface area (Å²) in [5.74, 6) is -2.93. The van der Waals surface area contributed by atoms with E-state index < -0.39 is 23.8 Å². The van der Waals surface area contributed by atoms with E-state index in [-0.39, 0.29) is 36.7 Å². The number of likely N-dealkylation sites (tertiary alicyclic amines) is 1. The maximum atomic E-state index is 13.3. The molecule has 2 fully saturated rings. The molecule has 206 valence electrons. The number of ether oxygens (including phenoxy) is 2. The molecule has 2 saturated heterocycles. The van der Waals surface area contributed by atoms with Gasteiger partial charge in [0.1, 0.15) is 18.5 Å². The van der Waals surface area contributed by atoms with Gasteiger partial charge in [0.25, 0.3) is 5.91 Å². The van der Waals surface area contributed by atoms with E-state index in [0.717, 1.165) is 4.68 Å². The maximum Gasteiger partial charge on any atom is 0.327 e. The smallest absolute Gasteiger partial charge is 0.327 e. The van der Waals surface area contributed by atoms with Crippen molar-refractivity contribution in [1.82, 2.24) is 24.6 Å². The van der Waals surface area contributed by atoms with Gasteiger partial charge in [-0.25, -0.2) is 9.18 Å². The van der Waals surface area contributed by atoms with Crippen LogP contribution >= 0.6 is 11.3 Å². The standard InChI is InChI=1S/C26H28FN5O6S/c27-18-7-5-17(6-8-18)16-38-26-28-23(29-32(26)24(34)20-4-2-14-39-20)19-3-1-9-31(22(19)25(35)36)21(33)15-30-10-12-37-13-11-30/h2,4-8,14,19,22H,1,3,9-13,15-16H2,(H,35,36). The zero-order valence-electron chi connectivity index (χ0n) is 21.1. The number of carbonyl (C=O) groups excluding carboxylic acids is 2. The van der Waals surface area contributed by atoms with Crippen molar-refractivity contribution < 1.29 is 33.4 Å². The third kappa shape index (κ3) is 6.15. The summed E-state index contributed by atoms with van der Waals surface area (Å²) in [4.78, 5) is 47.1. The molecule has 2 aliphatic rings. The number of hydrogen-bond acceptors (Lipinski definition) is 9. The Bertz CT molecular complexity index is 1310. The van der Waals surface area contributed by atoms with Crippen LogP contribution < -0.4 is 4.74 Å². The predicted molar refractivity (Wildman–Crippen MR) is 137 cm³/mol. The van der Waals surface area contributed by atoms with Crippen molar-refractivity contribution in [2.45, 2.75) is 31.4 Å². The van der Waals surface area contributed by atoms with E-state index in [1.807, 2.05) is 4.90 Å². The first-order chi connectivity index (χ1) is 18.9. The largest absolute Gasteiger partial charge is 0.480 e. The van der Waals surface area contributed by atoms with Gasteiger partial charge >= 0.3 is 12.0 Å². The molecule has 13 heteroatoms. The fourth-order valence-electron chi connectivity index (χ4n) is 4.82. The fraction of sp³-hybridized carbons (Fsp3) is 0.423. The van der Waals surface area contributed by atoms with Crippen molar-refractivity contribution >= 4 is 29.1 Å². The average Bonchev–Trinajstić information content (AvgIpc) is 3.63. The molecule has 1 amide bonds. The third-order valence-corrected chi connectivity index (χ3v) is 7.66. The number of nitrogens with zero attached hydrogens (tertiary/aromatic N) is 5. The van der Waals surface area contributed by atoms with Crippen molar-refractivity contribution in [3.05, 3.63) is 63.9 Å². The summed E-state index contributed by atoms with van der Waals surface area (Å²) in [6, 6.07) is 7.79. The van der Waals surface area contributed by atoms with Gasteiger partial charge in [0.2, 0.25) is 5.91 Å². The Morgan fingerprint density at radius 1 is 1.13 bits per heavy atom. The molecule has 2 unspecified atom stereocenters. The second-order valence-corrected chi connectivity index (χ2v) is 10.3. The first-order valence-corrected chi connectivity index (χ1v) is 13.5. The molecular formula is C26H28FN5O6S. The molecule has 39 heavy (non-hydrogen) atoms. The Balaban J connectivity index is 1.42. The van der Waals surface area contributed by atoms with Crippen LogP contribution in [-0.2, 0) is 20.9 Å². The SMILES string of the molecule is O=C(O)C1C(c2nc(OCc3ccc(F)cc3)n(C(=O)c3cccs3)n2)CCCN1C(=O)CN1CCOCC1. The minimum atomic E-state index is -1.19. The van der Waals surface area contributed by atoms with Gasteiger partial charge in [-0.05, 0) is 42.0 Å². The average molecular weight is 558 g/mol. The number of thiophene rings is 1. The summed E-state index contributed by atoms with van der Waals surface area (Å²) in [5, 5.41) is 16.3. The van der Waals surface area contributed by atoms with Crippen LogP contribution in [-0.4, -0.2) is 92.9 Å². The highest BCUT2D eigenvalue weighted by Gasteiger charge is 2.43. The lowest BCUT2D eigenvalue weighted by atomic mass is 9.88. The molecule has 1 aromatic carbocycles. The van der Waals surface area contributed by atoms with Crippen molar-refractivity contribution in [2.24, 2.45) is 0 Å². The van der Waals surface area contributed by atoms with Gasteiger partial charge in [0.15, 0.2) is 5.82 Å². The molecule has 2 aliphatic heterocycles. The lowest BCUT2D eigenvalue weighted by molar-refractivity contribution is -0.154. The normalized spacial score (nSPS) is 20.1. The number of carbonyl (C=O) groups is 3. The monoisotopic (exact) mass is 557 g/mol. The van der Waals surface area contributed by atoms with E-state index >= 15 is 0 Å². The second-order valence-electron chi connectivity index (χ2n) is 9.37. The lowest BCUT2D eigenvalue weighted by Crippen LogP contribution is -2.55. The van der Waals surface area contributed by atoms with Crippen LogP contribution in [0.15, 0.2) is 41.8 Å². The number of amides is 1. The zero-order valence-corrected chi connectivity index (χ0v) is 21.9. The van der Waals surface area contributed by atoms with Gasteiger partial charge in [-0.3, -0.25) is 14.5 Å². The number of carboxylic acids is 1. The van der Waals surface area contributed by atoms with E-state index in [2.05, 4.69) is 10.1 Å². The topological polar surface area (TPSA) is 127 Å². The molecule has 4 heterocycles. The third-order valence-electron chi connectivity index (χ3n) is 6.80. The fourth-order valence-corrected chi connectivity index (χ4v) is 5.47. The highest BCUT2D eigenvalue weighted by molar-refractivity contribution is 7.12. The highest BCUT2D eigenvalue weighted by Crippen LogP contribution is 2.33. The minimum Gasteiger partial charge on any atom is -0.480 e. The van der Waals surface area contributed by atoms with Crippen LogP contribution in [0.4, 0.5) is 4.39 Å². The maximum absolute atomic E-state index is 13.3. The lowest BCUT2D eigenvalue weighted by Gasteiger charge is -2.39. The van der Waals surface area contributed by atoms with E-state index in [1.54, 1.807) is 29.6 Å². The van der Waals surface area contributed by atoms with E-state index in [9.17, 15) is 23.9 Å². The number of hydrogen-bond donors (Lipinski definition) is 1. The van der Waals surface area contributed by atoms with E-state index in [0.29, 0.717) is 56.1 Å². The minimum absolute atomic E-state index is 0.00663. The molecule has 0 bridgehead atoms. The molecule has 2 aromatic heterocycles. The van der Waals surface area contributed by atoms with Crippen molar-refractivity contribution in [2.75, 3.05) is 39.4 Å². The molecule has 3 aromatic rings. The highest BCUT2D eigenvalue weighted by atomic mass is 32.1. The van der Waals surface area contributed by atoms with Gasteiger partial charge < -0.3 is 19.5 Å². The molecule has 5 rings (SSSR count). The summed E-state index contributed by atoms with van der Waals surface area (Å²) in [5.41, 5.74) is 0.650. The molecule has 1 N–H and O–H groups in total. The Hall–Kier alpha value is -3.68. The summed E-state index contributed by atoms with van der Waals surface area (Å²) < 4.78 is 25.5. The Morgan fingerprint density at radius 2 is 1.90 bits per heavy atom. The molecule has 0 saturated carbocycles. The van der Waals surface area contributed by atoms with Gasteiger partial charge in [-0.2, -0.15) is 4.98 Å². The van der Waals surface area contributed by atoms with Crippen LogP contribution in [0.5, 0.6) is 6.01 Å². The van der Waals surface area contributed by atoms with Crippen molar-refractivity contribution in [3.8, 4) is 6.01 Å². The van der Waals surface area contributed by atoms with Crippen molar-refractivity contribution in [3.63, 3.8) is 0 Å². The predicted octanol–water partition coefficient (Wildman–Crippen LogP) is 2.24. The van der Waals surface area contributed by atoms with Crippen LogP contribution in [0.3, 0.4) is 0 Å². The zero-order chi connectivity index (χ0) is 27.4. The van der Waals surface area contributed by atoms with E-state index in [1.165, 1.54) is 28.4 Å². The first kappa shape index (κ1) is 26.9.